The number of hydrogen-bond acceptors (Lipinski definition) is 3. The van der Waals surface area contributed by atoms with E-state index in [1.54, 1.807) is 0 Å². The molecule has 0 saturated carbocycles. The Hall–Kier alpha value is -1.46. The molecule has 0 aliphatic heterocycles. The summed E-state index contributed by atoms with van der Waals surface area (Å²) in [7, 11) is 0. The van der Waals surface area contributed by atoms with Crippen LogP contribution in [0.15, 0.2) is 41.0 Å². The van der Waals surface area contributed by atoms with Crippen LogP contribution >= 0.6 is 15.9 Å². The number of aromatic nitrogens is 1. The second-order valence-electron chi connectivity index (χ2n) is 4.67. The summed E-state index contributed by atoms with van der Waals surface area (Å²) in [4.78, 5) is 4.05. The number of nitrogens with one attached hydrogen (secondary N) is 1. The summed E-state index contributed by atoms with van der Waals surface area (Å²) in [5, 5.41) is 3.23. The normalized spacial score (nSPS) is 10.6. The van der Waals surface area contributed by atoms with Gasteiger partial charge < -0.3 is 10.1 Å². The molecule has 21 heavy (non-hydrogen) atoms. The van der Waals surface area contributed by atoms with Crippen molar-refractivity contribution in [1.29, 1.82) is 0 Å². The van der Waals surface area contributed by atoms with E-state index < -0.39 is 0 Å². The molecule has 5 heteroatoms. The van der Waals surface area contributed by atoms with Crippen LogP contribution in [-0.4, -0.2) is 11.5 Å². The molecule has 1 N–H and O–H groups in total. The van der Waals surface area contributed by atoms with E-state index in [-0.39, 0.29) is 5.82 Å². The number of pyridine rings is 1. The molecule has 0 unspecified atom stereocenters. The summed E-state index contributed by atoms with van der Waals surface area (Å²) < 4.78 is 20.1. The maximum atomic E-state index is 13.3. The molecule has 0 fully saturated rings. The van der Waals surface area contributed by atoms with E-state index in [1.165, 1.54) is 12.3 Å². The number of ether oxygens (including phenoxy) is 1. The van der Waals surface area contributed by atoms with Crippen molar-refractivity contribution in [2.75, 3.05) is 6.54 Å². The van der Waals surface area contributed by atoms with Crippen molar-refractivity contribution in [3.05, 3.63) is 57.9 Å². The predicted octanol–water partition coefficient (Wildman–Crippen LogP) is 4.06. The number of benzene rings is 1. The van der Waals surface area contributed by atoms with Crippen molar-refractivity contribution in [1.82, 2.24) is 10.3 Å². The Morgan fingerprint density at radius 3 is 2.86 bits per heavy atom. The molecule has 2 aromatic rings. The van der Waals surface area contributed by atoms with Crippen molar-refractivity contribution in [2.24, 2.45) is 0 Å². The molecule has 1 aromatic carbocycles. The van der Waals surface area contributed by atoms with Gasteiger partial charge in [0.05, 0.1) is 6.20 Å². The van der Waals surface area contributed by atoms with Crippen LogP contribution in [-0.2, 0) is 13.2 Å². The zero-order chi connectivity index (χ0) is 15.1. The number of nitrogens with zero attached hydrogens (tertiary/aromatic N) is 1. The first-order chi connectivity index (χ1) is 10.2. The fourth-order valence-corrected chi connectivity index (χ4v) is 2.29. The summed E-state index contributed by atoms with van der Waals surface area (Å²) >= 11 is 3.48. The third kappa shape index (κ3) is 4.79. The molecule has 0 saturated heterocycles. The van der Waals surface area contributed by atoms with Gasteiger partial charge in [-0.05, 0) is 25.1 Å². The molecule has 112 valence electrons. The lowest BCUT2D eigenvalue weighted by molar-refractivity contribution is 0.288. The van der Waals surface area contributed by atoms with Crippen molar-refractivity contribution in [2.45, 2.75) is 26.5 Å². The van der Waals surface area contributed by atoms with Crippen LogP contribution in [0, 0.1) is 5.82 Å². The van der Waals surface area contributed by atoms with Gasteiger partial charge in [0.1, 0.15) is 12.4 Å². The Labute approximate surface area is 132 Å². The molecule has 0 aliphatic rings. The van der Waals surface area contributed by atoms with Gasteiger partial charge in [-0.1, -0.05) is 41.1 Å². The largest absolute Gasteiger partial charge is 0.473 e. The Morgan fingerprint density at radius 2 is 2.10 bits per heavy atom. The lowest BCUT2D eigenvalue weighted by atomic mass is 10.2. The smallest absolute Gasteiger partial charge is 0.218 e. The summed E-state index contributed by atoms with van der Waals surface area (Å²) in [5.41, 5.74) is 1.76. The molecule has 1 aromatic heterocycles. The second-order valence-corrected chi connectivity index (χ2v) is 5.53. The summed E-state index contributed by atoms with van der Waals surface area (Å²) in [5.74, 6) is 0.118. The van der Waals surface area contributed by atoms with Crippen molar-refractivity contribution < 1.29 is 9.13 Å². The zero-order valence-electron chi connectivity index (χ0n) is 11.9. The van der Waals surface area contributed by atoms with E-state index in [0.717, 1.165) is 28.6 Å². The molecule has 0 aliphatic carbocycles. The monoisotopic (exact) mass is 352 g/mol. The van der Waals surface area contributed by atoms with Gasteiger partial charge >= 0.3 is 0 Å². The predicted molar refractivity (Wildman–Crippen MR) is 84.7 cm³/mol. The minimum atomic E-state index is -0.350. The molecular weight excluding hydrogens is 335 g/mol. The van der Waals surface area contributed by atoms with Crippen molar-refractivity contribution in [3.8, 4) is 5.88 Å². The molecule has 0 atom stereocenters. The molecular formula is C16H18BrFN2O. The van der Waals surface area contributed by atoms with Gasteiger partial charge in [-0.25, -0.2) is 9.37 Å². The highest BCUT2D eigenvalue weighted by atomic mass is 79.9. The second kappa shape index (κ2) is 8.10. The molecule has 2 rings (SSSR count). The third-order valence-corrected chi connectivity index (χ3v) is 3.73. The summed E-state index contributed by atoms with van der Waals surface area (Å²) in [6.45, 7) is 3.89. The molecule has 0 radical (unpaired) electrons. The van der Waals surface area contributed by atoms with E-state index in [4.69, 9.17) is 4.74 Å². The molecule has 0 spiro atoms. The van der Waals surface area contributed by atoms with Gasteiger partial charge in [0.2, 0.25) is 5.88 Å². The molecule has 1 heterocycles. The van der Waals surface area contributed by atoms with Crippen LogP contribution in [0.5, 0.6) is 5.88 Å². The first kappa shape index (κ1) is 15.9. The van der Waals surface area contributed by atoms with E-state index in [0.29, 0.717) is 19.0 Å². The highest BCUT2D eigenvalue weighted by molar-refractivity contribution is 9.10. The molecule has 3 nitrogen and oxygen atoms in total. The van der Waals surface area contributed by atoms with E-state index in [2.05, 4.69) is 33.2 Å². The SMILES string of the molecule is CCCNCc1cc(F)cnc1OCc1ccccc1Br. The van der Waals surface area contributed by atoms with Crippen molar-refractivity contribution >= 4 is 15.9 Å². The Balaban J connectivity index is 2.06. The lowest BCUT2D eigenvalue weighted by Crippen LogP contribution is -2.15. The maximum Gasteiger partial charge on any atom is 0.218 e. The van der Waals surface area contributed by atoms with Crippen LogP contribution in [0.3, 0.4) is 0 Å². The van der Waals surface area contributed by atoms with Crippen LogP contribution in [0.4, 0.5) is 4.39 Å². The van der Waals surface area contributed by atoms with Crippen molar-refractivity contribution in [3.63, 3.8) is 0 Å². The van der Waals surface area contributed by atoms with Crippen LogP contribution in [0.2, 0.25) is 0 Å². The van der Waals surface area contributed by atoms with Gasteiger partial charge in [0.25, 0.3) is 0 Å². The van der Waals surface area contributed by atoms with Crippen LogP contribution < -0.4 is 10.1 Å². The highest BCUT2D eigenvalue weighted by Crippen LogP contribution is 2.21. The average molecular weight is 353 g/mol. The molecule has 0 bridgehead atoms. The highest BCUT2D eigenvalue weighted by Gasteiger charge is 2.08. The van der Waals surface area contributed by atoms with Crippen LogP contribution in [0.25, 0.3) is 0 Å². The van der Waals surface area contributed by atoms with E-state index in [1.807, 2.05) is 24.3 Å². The topological polar surface area (TPSA) is 34.2 Å². The Bertz CT molecular complexity index is 592. The first-order valence-corrected chi connectivity index (χ1v) is 7.71. The van der Waals surface area contributed by atoms with Gasteiger partial charge in [0.15, 0.2) is 0 Å². The zero-order valence-corrected chi connectivity index (χ0v) is 13.5. The quantitative estimate of drug-likeness (QED) is 0.763. The minimum absolute atomic E-state index is 0.350. The number of halogens is 2. The first-order valence-electron chi connectivity index (χ1n) is 6.92. The van der Waals surface area contributed by atoms with Gasteiger partial charge in [-0.2, -0.15) is 0 Å². The third-order valence-electron chi connectivity index (χ3n) is 2.96. The summed E-state index contributed by atoms with van der Waals surface area (Å²) in [6, 6.07) is 9.29. The van der Waals surface area contributed by atoms with Gasteiger partial charge in [-0.3, -0.25) is 0 Å². The summed E-state index contributed by atoms with van der Waals surface area (Å²) in [6.07, 6.45) is 2.20. The maximum absolute atomic E-state index is 13.3. The van der Waals surface area contributed by atoms with E-state index in [9.17, 15) is 4.39 Å². The Morgan fingerprint density at radius 1 is 1.29 bits per heavy atom. The van der Waals surface area contributed by atoms with E-state index >= 15 is 0 Å². The minimum Gasteiger partial charge on any atom is -0.473 e. The number of hydrogen-bond donors (Lipinski definition) is 1. The van der Waals surface area contributed by atoms with Gasteiger partial charge in [-0.15, -0.1) is 0 Å². The molecule has 0 amide bonds. The lowest BCUT2D eigenvalue weighted by Gasteiger charge is -2.12. The average Bonchev–Trinajstić information content (AvgIpc) is 2.48. The van der Waals surface area contributed by atoms with Gasteiger partial charge in [0, 0.05) is 22.1 Å². The number of rotatable bonds is 7. The van der Waals surface area contributed by atoms with Crippen LogP contribution in [0.1, 0.15) is 24.5 Å². The Kier molecular flexibility index (Phi) is 6.14. The fourth-order valence-electron chi connectivity index (χ4n) is 1.89. The fraction of sp³-hybridized carbons (Fsp3) is 0.312. The standard InChI is InChI=1S/C16H18BrFN2O/c1-2-7-19-9-13-8-14(18)10-20-16(13)21-11-12-5-3-4-6-15(12)17/h3-6,8,10,19H,2,7,9,11H2,1H3.